The Hall–Kier alpha value is -1.10. The topological polar surface area (TPSA) is 75.4 Å². The van der Waals surface area contributed by atoms with Crippen molar-refractivity contribution in [3.63, 3.8) is 0 Å². The van der Waals surface area contributed by atoms with Crippen LogP contribution in [-0.4, -0.2) is 41.9 Å². The Morgan fingerprint density at radius 3 is 2.69 bits per heavy atom. The molecule has 0 bridgehead atoms. The molecule has 2 unspecified atom stereocenters. The first-order valence-electron chi connectivity index (χ1n) is 5.75. The molecule has 0 radical (unpaired) electrons. The van der Waals surface area contributed by atoms with Crippen LogP contribution in [0.3, 0.4) is 0 Å². The Bertz CT molecular complexity index is 289. The lowest BCUT2D eigenvalue weighted by molar-refractivity contribution is -0.142. The molecule has 92 valence electrons. The zero-order valence-electron chi connectivity index (χ0n) is 10.2. The van der Waals surface area contributed by atoms with E-state index in [1.807, 2.05) is 6.92 Å². The van der Waals surface area contributed by atoms with Crippen molar-refractivity contribution in [1.29, 1.82) is 0 Å². The van der Waals surface area contributed by atoms with Gasteiger partial charge in [-0.15, -0.1) is 0 Å². The van der Waals surface area contributed by atoms with E-state index in [-0.39, 0.29) is 17.9 Å². The lowest BCUT2D eigenvalue weighted by Crippen LogP contribution is -2.56. The Labute approximate surface area is 96.4 Å². The highest BCUT2D eigenvalue weighted by molar-refractivity contribution is 5.92. The number of rotatable bonds is 3. The number of hydrogen-bond acceptors (Lipinski definition) is 3. The molecule has 0 spiro atoms. The van der Waals surface area contributed by atoms with Gasteiger partial charge in [-0.1, -0.05) is 6.92 Å². The molecule has 0 saturated carbocycles. The highest BCUT2D eigenvalue weighted by Gasteiger charge is 2.39. The largest absolute Gasteiger partial charge is 0.357 e. The van der Waals surface area contributed by atoms with Crippen molar-refractivity contribution in [3.05, 3.63) is 0 Å². The molecular formula is C11H21N3O2. The minimum atomic E-state index is -0.864. The Morgan fingerprint density at radius 1 is 1.56 bits per heavy atom. The number of nitrogens with zero attached hydrogens (tertiary/aromatic N) is 1. The molecule has 0 aromatic rings. The average molecular weight is 227 g/mol. The van der Waals surface area contributed by atoms with Crippen LogP contribution in [-0.2, 0) is 9.59 Å². The molecule has 2 amide bonds. The van der Waals surface area contributed by atoms with Gasteiger partial charge in [0.2, 0.25) is 11.8 Å². The van der Waals surface area contributed by atoms with E-state index in [4.69, 9.17) is 5.73 Å². The molecule has 0 aliphatic carbocycles. The molecular weight excluding hydrogens is 206 g/mol. The summed E-state index contributed by atoms with van der Waals surface area (Å²) in [6.07, 6.45) is 2.16. The SMILES string of the molecule is CCC(C)(N)C(=O)N1CCCC1C(=O)NC. The summed E-state index contributed by atoms with van der Waals surface area (Å²) in [4.78, 5) is 25.4. The molecule has 1 saturated heterocycles. The van der Waals surface area contributed by atoms with Gasteiger partial charge in [-0.2, -0.15) is 0 Å². The second kappa shape index (κ2) is 4.82. The molecule has 0 aromatic carbocycles. The highest BCUT2D eigenvalue weighted by atomic mass is 16.2. The first-order chi connectivity index (χ1) is 7.44. The van der Waals surface area contributed by atoms with Gasteiger partial charge in [0.1, 0.15) is 6.04 Å². The summed E-state index contributed by atoms with van der Waals surface area (Å²) in [5.41, 5.74) is 5.06. The monoisotopic (exact) mass is 227 g/mol. The van der Waals surface area contributed by atoms with Crippen molar-refractivity contribution in [2.45, 2.75) is 44.7 Å². The third kappa shape index (κ3) is 2.35. The van der Waals surface area contributed by atoms with Crippen molar-refractivity contribution >= 4 is 11.8 Å². The third-order valence-electron chi connectivity index (χ3n) is 3.29. The van der Waals surface area contributed by atoms with Gasteiger partial charge in [-0.05, 0) is 26.2 Å². The summed E-state index contributed by atoms with van der Waals surface area (Å²) in [6, 6.07) is -0.341. The second-order valence-corrected chi connectivity index (χ2v) is 4.54. The molecule has 5 heteroatoms. The van der Waals surface area contributed by atoms with Crippen LogP contribution in [0.4, 0.5) is 0 Å². The van der Waals surface area contributed by atoms with Crippen molar-refractivity contribution in [1.82, 2.24) is 10.2 Å². The molecule has 1 rings (SSSR count). The Morgan fingerprint density at radius 2 is 2.19 bits per heavy atom. The molecule has 1 aliphatic rings. The molecule has 0 aromatic heterocycles. The fourth-order valence-electron chi connectivity index (χ4n) is 1.93. The molecule has 1 fully saturated rings. The number of hydrogen-bond donors (Lipinski definition) is 2. The van der Waals surface area contributed by atoms with Crippen molar-refractivity contribution < 1.29 is 9.59 Å². The highest BCUT2D eigenvalue weighted by Crippen LogP contribution is 2.21. The standard InChI is InChI=1S/C11H21N3O2/c1-4-11(2,12)10(16)14-7-5-6-8(14)9(15)13-3/h8H,4-7,12H2,1-3H3,(H,13,15). The van der Waals surface area contributed by atoms with E-state index >= 15 is 0 Å². The predicted molar refractivity (Wildman–Crippen MR) is 61.7 cm³/mol. The van der Waals surface area contributed by atoms with Gasteiger partial charge in [-0.3, -0.25) is 9.59 Å². The van der Waals surface area contributed by atoms with Crippen LogP contribution >= 0.6 is 0 Å². The van der Waals surface area contributed by atoms with Gasteiger partial charge in [0.15, 0.2) is 0 Å². The summed E-state index contributed by atoms with van der Waals surface area (Å²) in [7, 11) is 1.59. The molecule has 1 aliphatic heterocycles. The van der Waals surface area contributed by atoms with Crippen molar-refractivity contribution in [2.75, 3.05) is 13.6 Å². The zero-order chi connectivity index (χ0) is 12.3. The molecule has 5 nitrogen and oxygen atoms in total. The van der Waals surface area contributed by atoms with Gasteiger partial charge >= 0.3 is 0 Å². The summed E-state index contributed by atoms with van der Waals surface area (Å²) in [6.45, 7) is 4.22. The summed E-state index contributed by atoms with van der Waals surface area (Å²) in [5.74, 6) is -0.223. The van der Waals surface area contributed by atoms with Gasteiger partial charge in [0, 0.05) is 13.6 Å². The lowest BCUT2D eigenvalue weighted by atomic mass is 9.98. The summed E-state index contributed by atoms with van der Waals surface area (Å²) in [5, 5.41) is 2.59. The maximum Gasteiger partial charge on any atom is 0.243 e. The second-order valence-electron chi connectivity index (χ2n) is 4.54. The zero-order valence-corrected chi connectivity index (χ0v) is 10.2. The summed E-state index contributed by atoms with van der Waals surface area (Å²) < 4.78 is 0. The number of likely N-dealkylation sites (tertiary alicyclic amines) is 1. The van der Waals surface area contributed by atoms with Gasteiger partial charge in [0.25, 0.3) is 0 Å². The number of likely N-dealkylation sites (N-methyl/N-ethyl adjacent to an activating group) is 1. The Balaban J connectivity index is 2.79. The van der Waals surface area contributed by atoms with E-state index in [2.05, 4.69) is 5.32 Å². The maximum absolute atomic E-state index is 12.1. The van der Waals surface area contributed by atoms with Gasteiger partial charge in [-0.25, -0.2) is 0 Å². The summed E-state index contributed by atoms with van der Waals surface area (Å²) >= 11 is 0. The smallest absolute Gasteiger partial charge is 0.243 e. The number of carbonyl (C=O) groups is 2. The fourth-order valence-corrected chi connectivity index (χ4v) is 1.93. The van der Waals surface area contributed by atoms with Gasteiger partial charge in [0.05, 0.1) is 5.54 Å². The molecule has 3 N–H and O–H groups in total. The van der Waals surface area contributed by atoms with Crippen molar-refractivity contribution in [3.8, 4) is 0 Å². The normalized spacial score (nSPS) is 24.0. The number of amides is 2. The average Bonchev–Trinajstić information content (AvgIpc) is 2.75. The minimum absolute atomic E-state index is 0.0993. The van der Waals surface area contributed by atoms with Crippen LogP contribution in [0.5, 0.6) is 0 Å². The van der Waals surface area contributed by atoms with E-state index < -0.39 is 5.54 Å². The predicted octanol–water partition coefficient (Wildman–Crippen LogP) is -0.149. The molecule has 2 atom stereocenters. The van der Waals surface area contributed by atoms with E-state index in [0.29, 0.717) is 13.0 Å². The third-order valence-corrected chi connectivity index (χ3v) is 3.29. The van der Waals surface area contributed by atoms with E-state index in [9.17, 15) is 9.59 Å². The first-order valence-corrected chi connectivity index (χ1v) is 5.75. The minimum Gasteiger partial charge on any atom is -0.357 e. The quantitative estimate of drug-likeness (QED) is 0.704. The number of nitrogens with two attached hydrogens (primary N) is 1. The van der Waals surface area contributed by atoms with E-state index in [1.54, 1.807) is 18.9 Å². The fraction of sp³-hybridized carbons (Fsp3) is 0.818. The lowest BCUT2D eigenvalue weighted by Gasteiger charge is -2.31. The molecule has 1 heterocycles. The van der Waals surface area contributed by atoms with Crippen LogP contribution in [0.15, 0.2) is 0 Å². The number of nitrogens with one attached hydrogen (secondary N) is 1. The van der Waals surface area contributed by atoms with Crippen LogP contribution in [0, 0.1) is 0 Å². The van der Waals surface area contributed by atoms with Crippen LogP contribution in [0.1, 0.15) is 33.1 Å². The maximum atomic E-state index is 12.1. The molecule has 16 heavy (non-hydrogen) atoms. The van der Waals surface area contributed by atoms with Crippen molar-refractivity contribution in [2.24, 2.45) is 5.73 Å². The number of carbonyl (C=O) groups excluding carboxylic acids is 2. The Kier molecular flexibility index (Phi) is 3.91. The van der Waals surface area contributed by atoms with Crippen LogP contribution in [0.2, 0.25) is 0 Å². The van der Waals surface area contributed by atoms with E-state index in [1.165, 1.54) is 0 Å². The van der Waals surface area contributed by atoms with E-state index in [0.717, 1.165) is 12.8 Å². The van der Waals surface area contributed by atoms with Gasteiger partial charge < -0.3 is 16.0 Å². The van der Waals surface area contributed by atoms with Crippen LogP contribution in [0.25, 0.3) is 0 Å². The first kappa shape index (κ1) is 13.0. The van der Waals surface area contributed by atoms with Crippen LogP contribution < -0.4 is 11.1 Å².